The van der Waals surface area contributed by atoms with E-state index in [1.807, 2.05) is 0 Å². The Morgan fingerprint density at radius 3 is 2.90 bits per heavy atom. The summed E-state index contributed by atoms with van der Waals surface area (Å²) in [6.45, 7) is 4.28. The molecule has 0 radical (unpaired) electrons. The van der Waals surface area contributed by atoms with Crippen LogP contribution in [0, 0.1) is 0 Å². The second kappa shape index (κ2) is 9.06. The van der Waals surface area contributed by atoms with Gasteiger partial charge in [-0.05, 0) is 68.3 Å². The maximum absolute atomic E-state index is 8.74. The summed E-state index contributed by atoms with van der Waals surface area (Å²) in [7, 11) is 0. The van der Waals surface area contributed by atoms with E-state index < -0.39 is 0 Å². The standard InChI is InChI=1S/C18H29NO2/c1-2-19-18-9-7-8-15-14-16(10-11-17(15)18)21-13-6-4-3-5-12-20/h10-11,14,18-20H,2-9,12-13H2,1H3. The summed E-state index contributed by atoms with van der Waals surface area (Å²) in [6.07, 6.45) is 7.87. The highest BCUT2D eigenvalue weighted by atomic mass is 16.5. The van der Waals surface area contributed by atoms with Crippen molar-refractivity contribution in [1.29, 1.82) is 0 Å². The fraction of sp³-hybridized carbons (Fsp3) is 0.667. The minimum absolute atomic E-state index is 0.304. The van der Waals surface area contributed by atoms with Gasteiger partial charge < -0.3 is 15.2 Å². The van der Waals surface area contributed by atoms with E-state index in [4.69, 9.17) is 9.84 Å². The molecule has 0 saturated carbocycles. The van der Waals surface area contributed by atoms with Crippen LogP contribution < -0.4 is 10.1 Å². The average Bonchev–Trinajstić information content (AvgIpc) is 2.51. The first kappa shape index (κ1) is 16.3. The van der Waals surface area contributed by atoms with E-state index >= 15 is 0 Å². The highest BCUT2D eigenvalue weighted by Crippen LogP contribution is 2.32. The number of aryl methyl sites for hydroxylation is 1. The molecular weight excluding hydrogens is 262 g/mol. The summed E-state index contributed by atoms with van der Waals surface area (Å²) in [5.74, 6) is 1.01. The molecule has 0 heterocycles. The van der Waals surface area contributed by atoms with E-state index in [1.165, 1.54) is 30.4 Å². The molecule has 2 N–H and O–H groups in total. The third kappa shape index (κ3) is 5.01. The lowest BCUT2D eigenvalue weighted by Crippen LogP contribution is -2.24. The highest BCUT2D eigenvalue weighted by molar-refractivity contribution is 5.39. The van der Waals surface area contributed by atoms with Gasteiger partial charge in [0.1, 0.15) is 5.75 Å². The van der Waals surface area contributed by atoms with Gasteiger partial charge in [0.25, 0.3) is 0 Å². The van der Waals surface area contributed by atoms with Crippen molar-refractivity contribution in [2.24, 2.45) is 0 Å². The Bertz CT molecular complexity index is 420. The topological polar surface area (TPSA) is 41.5 Å². The Kier molecular flexibility index (Phi) is 7.04. The van der Waals surface area contributed by atoms with Crippen LogP contribution in [0.4, 0.5) is 0 Å². The van der Waals surface area contributed by atoms with Crippen molar-refractivity contribution in [3.8, 4) is 5.75 Å². The van der Waals surface area contributed by atoms with Gasteiger partial charge in [0, 0.05) is 12.6 Å². The molecule has 1 atom stereocenters. The molecule has 0 fully saturated rings. The molecular formula is C18H29NO2. The molecule has 2 rings (SSSR count). The van der Waals surface area contributed by atoms with E-state index in [2.05, 4.69) is 30.4 Å². The number of benzene rings is 1. The summed E-state index contributed by atoms with van der Waals surface area (Å²) in [5.41, 5.74) is 2.91. The van der Waals surface area contributed by atoms with Crippen LogP contribution in [0.5, 0.6) is 5.75 Å². The van der Waals surface area contributed by atoms with E-state index in [0.29, 0.717) is 12.6 Å². The summed E-state index contributed by atoms with van der Waals surface area (Å²) in [5, 5.41) is 12.3. The highest BCUT2D eigenvalue weighted by Gasteiger charge is 2.19. The Morgan fingerprint density at radius 1 is 1.24 bits per heavy atom. The van der Waals surface area contributed by atoms with Gasteiger partial charge in [-0.1, -0.05) is 19.4 Å². The number of nitrogens with one attached hydrogen (secondary N) is 1. The zero-order valence-electron chi connectivity index (χ0n) is 13.2. The normalized spacial score (nSPS) is 17.5. The van der Waals surface area contributed by atoms with E-state index in [-0.39, 0.29) is 0 Å². The third-order valence-corrected chi connectivity index (χ3v) is 4.20. The Morgan fingerprint density at radius 2 is 2.10 bits per heavy atom. The predicted molar refractivity (Wildman–Crippen MR) is 86.8 cm³/mol. The van der Waals surface area contributed by atoms with Crippen LogP contribution in [0.15, 0.2) is 18.2 Å². The maximum Gasteiger partial charge on any atom is 0.119 e. The Balaban J connectivity index is 1.83. The molecule has 0 aliphatic heterocycles. The number of hydrogen-bond acceptors (Lipinski definition) is 3. The second-order valence-corrected chi connectivity index (χ2v) is 5.85. The van der Waals surface area contributed by atoms with Crippen LogP contribution in [-0.2, 0) is 6.42 Å². The molecule has 0 bridgehead atoms. The quantitative estimate of drug-likeness (QED) is 0.683. The van der Waals surface area contributed by atoms with Gasteiger partial charge in [-0.15, -0.1) is 0 Å². The van der Waals surface area contributed by atoms with Gasteiger partial charge in [-0.25, -0.2) is 0 Å². The molecule has 0 spiro atoms. The lowest BCUT2D eigenvalue weighted by molar-refractivity contribution is 0.273. The molecule has 1 aliphatic carbocycles. The number of hydrogen-bond donors (Lipinski definition) is 2. The second-order valence-electron chi connectivity index (χ2n) is 5.85. The van der Waals surface area contributed by atoms with Crippen molar-refractivity contribution < 1.29 is 9.84 Å². The Hall–Kier alpha value is -1.06. The van der Waals surface area contributed by atoms with Gasteiger partial charge in [-0.2, -0.15) is 0 Å². The number of ether oxygens (including phenoxy) is 1. The van der Waals surface area contributed by atoms with Crippen LogP contribution in [-0.4, -0.2) is 24.9 Å². The molecule has 21 heavy (non-hydrogen) atoms. The van der Waals surface area contributed by atoms with Gasteiger partial charge in [-0.3, -0.25) is 0 Å². The molecule has 0 aromatic heterocycles. The van der Waals surface area contributed by atoms with Crippen LogP contribution >= 0.6 is 0 Å². The van der Waals surface area contributed by atoms with E-state index in [0.717, 1.165) is 44.6 Å². The van der Waals surface area contributed by atoms with Crippen molar-refractivity contribution in [1.82, 2.24) is 5.32 Å². The summed E-state index contributed by atoms with van der Waals surface area (Å²) in [4.78, 5) is 0. The van der Waals surface area contributed by atoms with Crippen LogP contribution in [0.3, 0.4) is 0 Å². The predicted octanol–water partition coefficient (Wildman–Crippen LogP) is 3.61. The SMILES string of the molecule is CCNC1CCCc2cc(OCCCCCCO)ccc21. The first-order valence-electron chi connectivity index (χ1n) is 8.45. The van der Waals surface area contributed by atoms with Crippen molar-refractivity contribution >= 4 is 0 Å². The fourth-order valence-electron chi connectivity index (χ4n) is 3.10. The maximum atomic E-state index is 8.74. The molecule has 0 saturated heterocycles. The largest absolute Gasteiger partial charge is 0.494 e. The van der Waals surface area contributed by atoms with Gasteiger partial charge in [0.05, 0.1) is 6.61 Å². The zero-order valence-corrected chi connectivity index (χ0v) is 13.2. The lowest BCUT2D eigenvalue weighted by Gasteiger charge is -2.26. The number of fused-ring (bicyclic) bond motifs is 1. The fourth-order valence-corrected chi connectivity index (χ4v) is 3.10. The molecule has 0 amide bonds. The van der Waals surface area contributed by atoms with Crippen LogP contribution in [0.1, 0.15) is 62.6 Å². The zero-order chi connectivity index (χ0) is 14.9. The summed E-state index contributed by atoms with van der Waals surface area (Å²) >= 11 is 0. The molecule has 118 valence electrons. The van der Waals surface area contributed by atoms with Crippen molar-refractivity contribution in [2.45, 2.75) is 57.9 Å². The number of rotatable bonds is 9. The van der Waals surface area contributed by atoms with Crippen molar-refractivity contribution in [3.05, 3.63) is 29.3 Å². The average molecular weight is 291 g/mol. The van der Waals surface area contributed by atoms with Crippen molar-refractivity contribution in [2.75, 3.05) is 19.8 Å². The van der Waals surface area contributed by atoms with E-state index in [1.54, 1.807) is 0 Å². The van der Waals surface area contributed by atoms with Crippen molar-refractivity contribution in [3.63, 3.8) is 0 Å². The molecule has 3 nitrogen and oxygen atoms in total. The lowest BCUT2D eigenvalue weighted by atomic mass is 9.87. The molecule has 1 unspecified atom stereocenters. The molecule has 1 aromatic carbocycles. The van der Waals surface area contributed by atoms with Crippen LogP contribution in [0.2, 0.25) is 0 Å². The van der Waals surface area contributed by atoms with E-state index in [9.17, 15) is 0 Å². The molecule has 1 aromatic rings. The molecule has 3 heteroatoms. The number of aliphatic hydroxyl groups is 1. The minimum Gasteiger partial charge on any atom is -0.494 e. The van der Waals surface area contributed by atoms with Gasteiger partial charge in [0.2, 0.25) is 0 Å². The third-order valence-electron chi connectivity index (χ3n) is 4.20. The smallest absolute Gasteiger partial charge is 0.119 e. The number of unbranched alkanes of at least 4 members (excludes halogenated alkanes) is 3. The van der Waals surface area contributed by atoms with Crippen LogP contribution in [0.25, 0.3) is 0 Å². The first-order valence-corrected chi connectivity index (χ1v) is 8.45. The molecule has 1 aliphatic rings. The van der Waals surface area contributed by atoms with Gasteiger partial charge in [0.15, 0.2) is 0 Å². The van der Waals surface area contributed by atoms with Gasteiger partial charge >= 0.3 is 0 Å². The Labute approximate surface area is 128 Å². The number of aliphatic hydroxyl groups excluding tert-OH is 1. The first-order chi connectivity index (χ1) is 10.3. The minimum atomic E-state index is 0.304. The monoisotopic (exact) mass is 291 g/mol. The summed E-state index contributed by atoms with van der Waals surface area (Å²) < 4.78 is 5.86. The summed E-state index contributed by atoms with van der Waals surface area (Å²) in [6, 6.07) is 7.10.